The molecule has 1 saturated heterocycles. The van der Waals surface area contributed by atoms with Crippen LogP contribution < -0.4 is 9.64 Å². The lowest BCUT2D eigenvalue weighted by Gasteiger charge is -2.18. The Balaban J connectivity index is 1.77. The molecule has 1 heterocycles. The van der Waals surface area contributed by atoms with Crippen LogP contribution in [0.4, 0.5) is 5.69 Å². The Labute approximate surface area is 101 Å². The summed E-state index contributed by atoms with van der Waals surface area (Å²) in [6.07, 6.45) is 5.33. The van der Waals surface area contributed by atoms with E-state index in [4.69, 9.17) is 16.3 Å². The molecule has 1 aliphatic carbocycles. The van der Waals surface area contributed by atoms with Gasteiger partial charge in [-0.05, 0) is 43.9 Å². The molecule has 0 bridgehead atoms. The number of hydrogen-bond donors (Lipinski definition) is 0. The molecule has 0 unspecified atom stereocenters. The molecule has 1 aliphatic heterocycles. The van der Waals surface area contributed by atoms with Crippen molar-refractivity contribution in [1.29, 1.82) is 0 Å². The summed E-state index contributed by atoms with van der Waals surface area (Å²) < 4.78 is 5.72. The predicted octanol–water partition coefficient (Wildman–Crippen LogP) is 3.48. The molecular formula is C13H16ClNO. The molecule has 3 heteroatoms. The topological polar surface area (TPSA) is 12.5 Å². The lowest BCUT2D eigenvalue weighted by Crippen LogP contribution is -2.17. The van der Waals surface area contributed by atoms with Gasteiger partial charge in [-0.2, -0.15) is 0 Å². The molecule has 2 fully saturated rings. The van der Waals surface area contributed by atoms with Gasteiger partial charge in [0.1, 0.15) is 5.75 Å². The minimum Gasteiger partial charge on any atom is -0.489 e. The van der Waals surface area contributed by atoms with Crippen LogP contribution in [0, 0.1) is 0 Å². The molecule has 2 aliphatic rings. The van der Waals surface area contributed by atoms with E-state index < -0.39 is 0 Å². The molecule has 1 aromatic carbocycles. The van der Waals surface area contributed by atoms with Gasteiger partial charge < -0.3 is 9.64 Å². The zero-order valence-electron chi connectivity index (χ0n) is 9.29. The predicted molar refractivity (Wildman–Crippen MR) is 66.5 cm³/mol. The van der Waals surface area contributed by atoms with Crippen molar-refractivity contribution in [2.45, 2.75) is 31.8 Å². The van der Waals surface area contributed by atoms with Crippen molar-refractivity contribution in [3.63, 3.8) is 0 Å². The van der Waals surface area contributed by atoms with Gasteiger partial charge in [0.15, 0.2) is 0 Å². The Bertz CT molecular complexity index is 384. The molecular weight excluding hydrogens is 222 g/mol. The molecule has 0 N–H and O–H groups in total. The second-order valence-electron chi connectivity index (χ2n) is 4.63. The van der Waals surface area contributed by atoms with Crippen LogP contribution in [0.15, 0.2) is 18.2 Å². The lowest BCUT2D eigenvalue weighted by atomic mass is 10.3. The second kappa shape index (κ2) is 4.17. The van der Waals surface area contributed by atoms with Crippen LogP contribution in [0.25, 0.3) is 0 Å². The van der Waals surface area contributed by atoms with Gasteiger partial charge in [-0.25, -0.2) is 0 Å². The van der Waals surface area contributed by atoms with Gasteiger partial charge in [0, 0.05) is 18.8 Å². The van der Waals surface area contributed by atoms with Crippen molar-refractivity contribution in [2.24, 2.45) is 0 Å². The van der Waals surface area contributed by atoms with Gasteiger partial charge in [0.25, 0.3) is 0 Å². The number of hydrogen-bond acceptors (Lipinski definition) is 2. The van der Waals surface area contributed by atoms with Crippen LogP contribution >= 0.6 is 11.6 Å². The Hall–Kier alpha value is -0.890. The fraction of sp³-hybridized carbons (Fsp3) is 0.538. The minimum atomic E-state index is 0.412. The lowest BCUT2D eigenvalue weighted by molar-refractivity contribution is 0.303. The van der Waals surface area contributed by atoms with E-state index in [0.29, 0.717) is 6.10 Å². The zero-order valence-corrected chi connectivity index (χ0v) is 10.0. The monoisotopic (exact) mass is 237 g/mol. The molecule has 0 atom stereocenters. The average Bonchev–Trinajstić information content (AvgIpc) is 2.94. The van der Waals surface area contributed by atoms with Crippen molar-refractivity contribution < 1.29 is 4.74 Å². The fourth-order valence-electron chi connectivity index (χ4n) is 2.12. The Morgan fingerprint density at radius 3 is 2.56 bits per heavy atom. The molecule has 2 nitrogen and oxygen atoms in total. The highest BCUT2D eigenvalue weighted by molar-refractivity contribution is 6.32. The highest BCUT2D eigenvalue weighted by atomic mass is 35.5. The van der Waals surface area contributed by atoms with Crippen molar-refractivity contribution in [2.75, 3.05) is 18.0 Å². The van der Waals surface area contributed by atoms with E-state index in [2.05, 4.69) is 11.0 Å². The Morgan fingerprint density at radius 2 is 1.94 bits per heavy atom. The number of rotatable bonds is 3. The minimum absolute atomic E-state index is 0.412. The molecule has 1 aromatic rings. The summed E-state index contributed by atoms with van der Waals surface area (Å²) in [6.45, 7) is 2.30. The van der Waals surface area contributed by atoms with Gasteiger partial charge in [0.05, 0.1) is 11.1 Å². The Morgan fingerprint density at radius 1 is 1.19 bits per heavy atom. The van der Waals surface area contributed by atoms with E-state index in [0.717, 1.165) is 23.9 Å². The maximum Gasteiger partial charge on any atom is 0.138 e. The van der Waals surface area contributed by atoms with Crippen LogP contribution in [-0.2, 0) is 0 Å². The molecule has 0 radical (unpaired) electrons. The third-order valence-electron chi connectivity index (χ3n) is 3.20. The maximum absolute atomic E-state index is 6.23. The molecule has 1 saturated carbocycles. The second-order valence-corrected chi connectivity index (χ2v) is 5.03. The number of benzene rings is 1. The highest BCUT2D eigenvalue weighted by Crippen LogP contribution is 2.34. The molecule has 0 spiro atoms. The van der Waals surface area contributed by atoms with Crippen LogP contribution in [0.5, 0.6) is 5.75 Å². The summed E-state index contributed by atoms with van der Waals surface area (Å²) in [6, 6.07) is 6.16. The number of ether oxygens (including phenoxy) is 1. The van der Waals surface area contributed by atoms with Gasteiger partial charge in [-0.1, -0.05) is 11.6 Å². The largest absolute Gasteiger partial charge is 0.489 e. The third kappa shape index (κ3) is 2.12. The van der Waals surface area contributed by atoms with Crippen molar-refractivity contribution >= 4 is 17.3 Å². The zero-order chi connectivity index (χ0) is 11.0. The van der Waals surface area contributed by atoms with E-state index in [1.54, 1.807) is 0 Å². The van der Waals surface area contributed by atoms with Crippen molar-refractivity contribution in [3.8, 4) is 5.75 Å². The molecule has 16 heavy (non-hydrogen) atoms. The average molecular weight is 238 g/mol. The number of anilines is 1. The summed E-state index contributed by atoms with van der Waals surface area (Å²) in [4.78, 5) is 2.38. The van der Waals surface area contributed by atoms with Crippen molar-refractivity contribution in [1.82, 2.24) is 0 Å². The molecule has 0 amide bonds. The van der Waals surface area contributed by atoms with Crippen LogP contribution in [0.3, 0.4) is 0 Å². The van der Waals surface area contributed by atoms with Crippen LogP contribution in [-0.4, -0.2) is 19.2 Å². The van der Waals surface area contributed by atoms with E-state index in [1.165, 1.54) is 31.4 Å². The molecule has 3 rings (SSSR count). The normalized spacial score (nSPS) is 20.2. The molecule has 86 valence electrons. The summed E-state index contributed by atoms with van der Waals surface area (Å²) in [5.41, 5.74) is 1.23. The number of nitrogens with zero attached hydrogens (tertiary/aromatic N) is 1. The first kappa shape index (κ1) is 10.3. The third-order valence-corrected chi connectivity index (χ3v) is 3.50. The smallest absolute Gasteiger partial charge is 0.138 e. The summed E-state index contributed by atoms with van der Waals surface area (Å²) in [5, 5.41) is 0.747. The van der Waals surface area contributed by atoms with E-state index >= 15 is 0 Å². The quantitative estimate of drug-likeness (QED) is 0.798. The first-order chi connectivity index (χ1) is 7.83. The van der Waals surface area contributed by atoms with Gasteiger partial charge in [0.2, 0.25) is 0 Å². The van der Waals surface area contributed by atoms with Crippen LogP contribution in [0.1, 0.15) is 25.7 Å². The van der Waals surface area contributed by atoms with Crippen molar-refractivity contribution in [3.05, 3.63) is 23.2 Å². The summed E-state index contributed by atoms with van der Waals surface area (Å²) >= 11 is 6.23. The summed E-state index contributed by atoms with van der Waals surface area (Å²) in [7, 11) is 0. The van der Waals surface area contributed by atoms with Gasteiger partial charge >= 0.3 is 0 Å². The highest BCUT2D eigenvalue weighted by Gasteiger charge is 2.24. The SMILES string of the molecule is Clc1cc(N2CCCC2)ccc1OC1CC1. The number of halogens is 1. The van der Waals surface area contributed by atoms with Gasteiger partial charge in [-0.3, -0.25) is 0 Å². The van der Waals surface area contributed by atoms with Crippen LogP contribution in [0.2, 0.25) is 5.02 Å². The standard InChI is InChI=1S/C13H16ClNO/c14-12-9-10(15-7-1-2-8-15)3-6-13(12)16-11-4-5-11/h3,6,9,11H,1-2,4-5,7-8H2. The Kier molecular flexibility index (Phi) is 2.68. The first-order valence-electron chi connectivity index (χ1n) is 6.04. The fourth-order valence-corrected chi connectivity index (χ4v) is 2.34. The van der Waals surface area contributed by atoms with E-state index in [-0.39, 0.29) is 0 Å². The maximum atomic E-state index is 6.23. The van der Waals surface area contributed by atoms with E-state index in [9.17, 15) is 0 Å². The molecule has 0 aromatic heterocycles. The summed E-state index contributed by atoms with van der Waals surface area (Å²) in [5.74, 6) is 0.840. The van der Waals surface area contributed by atoms with E-state index in [1.807, 2.05) is 12.1 Å². The first-order valence-corrected chi connectivity index (χ1v) is 6.42. The van der Waals surface area contributed by atoms with Gasteiger partial charge in [-0.15, -0.1) is 0 Å².